The van der Waals surface area contributed by atoms with Crippen LogP contribution in [0.5, 0.6) is 0 Å². The number of benzene rings is 1. The highest BCUT2D eigenvalue weighted by Gasteiger charge is 2.15. The number of anilines is 1. The third-order valence-electron chi connectivity index (χ3n) is 3.90. The molecule has 27 heavy (non-hydrogen) atoms. The zero-order valence-corrected chi connectivity index (χ0v) is 14.2. The van der Waals surface area contributed by atoms with Gasteiger partial charge >= 0.3 is 0 Å². The van der Waals surface area contributed by atoms with Crippen molar-refractivity contribution in [3.63, 3.8) is 0 Å². The lowest BCUT2D eigenvalue weighted by molar-refractivity contribution is 0.0997. The van der Waals surface area contributed by atoms with E-state index in [1.807, 2.05) is 18.2 Å². The van der Waals surface area contributed by atoms with Gasteiger partial charge in [0.2, 0.25) is 0 Å². The van der Waals surface area contributed by atoms with Gasteiger partial charge in [0, 0.05) is 18.5 Å². The summed E-state index contributed by atoms with van der Waals surface area (Å²) in [5, 5.41) is 6.96. The lowest BCUT2D eigenvalue weighted by Gasteiger charge is -2.01. The Balaban J connectivity index is 1.45. The molecule has 0 spiro atoms. The minimum Gasteiger partial charge on any atom is -0.451 e. The normalized spacial score (nSPS) is 10.7. The fourth-order valence-corrected chi connectivity index (χ4v) is 2.62. The summed E-state index contributed by atoms with van der Waals surface area (Å²) in [5.41, 5.74) is 1.16. The smallest absolute Gasteiger partial charge is 0.292 e. The van der Waals surface area contributed by atoms with E-state index in [2.05, 4.69) is 15.4 Å². The quantitative estimate of drug-likeness (QED) is 0.583. The molecule has 0 aliphatic heterocycles. The number of carbonyl (C=O) groups is 1. The number of carbonyl (C=O) groups excluding carboxylic acids is 1. The largest absolute Gasteiger partial charge is 0.451 e. The van der Waals surface area contributed by atoms with Gasteiger partial charge in [-0.2, -0.15) is 5.10 Å². The lowest BCUT2D eigenvalue weighted by atomic mass is 10.1. The van der Waals surface area contributed by atoms with Gasteiger partial charge in [-0.3, -0.25) is 14.5 Å². The number of amides is 1. The summed E-state index contributed by atoms with van der Waals surface area (Å²) < 4.78 is 21.0. The first-order valence-electron chi connectivity index (χ1n) is 8.28. The molecule has 4 rings (SSSR count). The first-order valence-corrected chi connectivity index (χ1v) is 8.28. The van der Waals surface area contributed by atoms with Crippen LogP contribution in [0.3, 0.4) is 0 Å². The van der Waals surface area contributed by atoms with Gasteiger partial charge in [0.25, 0.3) is 5.91 Å². The predicted octanol–water partition coefficient (Wildman–Crippen LogP) is 3.98. The second-order valence-corrected chi connectivity index (χ2v) is 5.82. The highest BCUT2D eigenvalue weighted by Crippen LogP contribution is 2.25. The molecule has 7 heteroatoms. The second-order valence-electron chi connectivity index (χ2n) is 5.82. The van der Waals surface area contributed by atoms with Gasteiger partial charge in [0.05, 0.1) is 17.8 Å². The van der Waals surface area contributed by atoms with Gasteiger partial charge in [-0.25, -0.2) is 4.39 Å². The van der Waals surface area contributed by atoms with E-state index < -0.39 is 11.7 Å². The molecule has 0 aliphatic rings. The molecule has 4 aromatic rings. The average molecular weight is 362 g/mol. The number of nitrogens with one attached hydrogen (secondary N) is 1. The number of aromatic nitrogens is 3. The van der Waals surface area contributed by atoms with Crippen molar-refractivity contribution in [3.05, 3.63) is 90.3 Å². The first kappa shape index (κ1) is 16.7. The van der Waals surface area contributed by atoms with Gasteiger partial charge in [0.15, 0.2) is 11.6 Å². The number of hydrogen-bond donors (Lipinski definition) is 1. The van der Waals surface area contributed by atoms with Crippen LogP contribution in [-0.4, -0.2) is 20.7 Å². The van der Waals surface area contributed by atoms with E-state index >= 15 is 0 Å². The first-order chi connectivity index (χ1) is 13.2. The molecule has 134 valence electrons. The minimum absolute atomic E-state index is 0.0764. The number of halogens is 1. The summed E-state index contributed by atoms with van der Waals surface area (Å²) in [5.74, 6) is -0.112. The van der Waals surface area contributed by atoms with E-state index in [0.717, 1.165) is 5.69 Å². The van der Waals surface area contributed by atoms with Crippen LogP contribution < -0.4 is 5.32 Å². The topological polar surface area (TPSA) is 73.0 Å². The van der Waals surface area contributed by atoms with E-state index in [1.54, 1.807) is 47.4 Å². The second kappa shape index (κ2) is 7.25. The van der Waals surface area contributed by atoms with E-state index in [4.69, 9.17) is 4.42 Å². The number of rotatable bonds is 5. The van der Waals surface area contributed by atoms with E-state index in [9.17, 15) is 9.18 Å². The molecule has 6 nitrogen and oxygen atoms in total. The monoisotopic (exact) mass is 362 g/mol. The van der Waals surface area contributed by atoms with Crippen molar-refractivity contribution in [2.75, 3.05) is 5.32 Å². The van der Waals surface area contributed by atoms with Crippen LogP contribution in [0.25, 0.3) is 11.3 Å². The molecule has 0 fully saturated rings. The van der Waals surface area contributed by atoms with Crippen molar-refractivity contribution in [1.29, 1.82) is 0 Å². The van der Waals surface area contributed by atoms with E-state index in [-0.39, 0.29) is 5.76 Å². The van der Waals surface area contributed by atoms with E-state index in [0.29, 0.717) is 23.7 Å². The summed E-state index contributed by atoms with van der Waals surface area (Å²) in [7, 11) is 0. The standard InChI is InChI=1S/C20H15FN4O2/c21-16-7-2-1-6-15(16)17-8-9-18(27-17)20(26)23-19-10-12-25(24-19)13-14-5-3-4-11-22-14/h1-12H,13H2,(H,23,24,26). The van der Waals surface area contributed by atoms with Gasteiger partial charge in [-0.05, 0) is 36.4 Å². The van der Waals surface area contributed by atoms with Crippen LogP contribution in [0.1, 0.15) is 16.2 Å². The molecule has 3 heterocycles. The van der Waals surface area contributed by atoms with Gasteiger partial charge in [-0.15, -0.1) is 0 Å². The maximum atomic E-state index is 13.8. The molecular weight excluding hydrogens is 347 g/mol. The lowest BCUT2D eigenvalue weighted by Crippen LogP contribution is -2.12. The molecule has 0 saturated carbocycles. The third kappa shape index (κ3) is 3.77. The molecule has 0 atom stereocenters. The maximum absolute atomic E-state index is 13.8. The Hall–Kier alpha value is -3.74. The van der Waals surface area contributed by atoms with Crippen molar-refractivity contribution < 1.29 is 13.6 Å². The molecule has 0 bridgehead atoms. The Morgan fingerprint density at radius 3 is 2.74 bits per heavy atom. The van der Waals surface area contributed by atoms with Crippen molar-refractivity contribution >= 4 is 11.7 Å². The Kier molecular flexibility index (Phi) is 4.49. The van der Waals surface area contributed by atoms with Gasteiger partial charge in [-0.1, -0.05) is 18.2 Å². The summed E-state index contributed by atoms with van der Waals surface area (Å²) in [6, 6.07) is 16.6. The van der Waals surface area contributed by atoms with Crippen molar-refractivity contribution in [3.8, 4) is 11.3 Å². The molecular formula is C20H15FN4O2. The van der Waals surface area contributed by atoms with Crippen molar-refractivity contribution in [2.45, 2.75) is 6.54 Å². The number of nitrogens with zero attached hydrogens (tertiary/aromatic N) is 3. The zero-order valence-electron chi connectivity index (χ0n) is 14.2. The fourth-order valence-electron chi connectivity index (χ4n) is 2.62. The highest BCUT2D eigenvalue weighted by molar-refractivity contribution is 6.02. The van der Waals surface area contributed by atoms with Crippen LogP contribution in [0.4, 0.5) is 10.2 Å². The highest BCUT2D eigenvalue weighted by atomic mass is 19.1. The Labute approximate surface area is 154 Å². The van der Waals surface area contributed by atoms with Crippen LogP contribution >= 0.6 is 0 Å². The number of hydrogen-bond acceptors (Lipinski definition) is 4. The molecule has 1 N–H and O–H groups in total. The predicted molar refractivity (Wildman–Crippen MR) is 97.6 cm³/mol. The molecule has 0 unspecified atom stereocenters. The zero-order chi connectivity index (χ0) is 18.6. The van der Waals surface area contributed by atoms with Crippen molar-refractivity contribution in [2.24, 2.45) is 0 Å². The SMILES string of the molecule is O=C(Nc1ccn(Cc2ccccn2)n1)c1ccc(-c2ccccc2F)o1. The molecule has 3 aromatic heterocycles. The molecule has 0 radical (unpaired) electrons. The molecule has 0 aliphatic carbocycles. The summed E-state index contributed by atoms with van der Waals surface area (Å²) >= 11 is 0. The number of pyridine rings is 1. The minimum atomic E-state index is -0.458. The molecule has 1 aromatic carbocycles. The number of furan rings is 1. The Morgan fingerprint density at radius 1 is 1.07 bits per heavy atom. The van der Waals surface area contributed by atoms with Crippen LogP contribution in [0, 0.1) is 5.82 Å². The van der Waals surface area contributed by atoms with Crippen LogP contribution in [-0.2, 0) is 6.54 Å². The summed E-state index contributed by atoms with van der Waals surface area (Å²) in [6.45, 7) is 0.495. The summed E-state index contributed by atoms with van der Waals surface area (Å²) in [6.07, 6.45) is 3.46. The Morgan fingerprint density at radius 2 is 1.93 bits per heavy atom. The van der Waals surface area contributed by atoms with E-state index in [1.165, 1.54) is 12.1 Å². The third-order valence-corrected chi connectivity index (χ3v) is 3.90. The summed E-state index contributed by atoms with van der Waals surface area (Å²) in [4.78, 5) is 16.6. The maximum Gasteiger partial charge on any atom is 0.292 e. The molecule has 0 saturated heterocycles. The average Bonchev–Trinajstić information content (AvgIpc) is 3.33. The fraction of sp³-hybridized carbons (Fsp3) is 0.0500. The van der Waals surface area contributed by atoms with Crippen LogP contribution in [0.2, 0.25) is 0 Å². The van der Waals surface area contributed by atoms with Crippen LogP contribution in [0.15, 0.2) is 77.5 Å². The molecule has 1 amide bonds. The van der Waals surface area contributed by atoms with Crippen molar-refractivity contribution in [1.82, 2.24) is 14.8 Å². The van der Waals surface area contributed by atoms with Gasteiger partial charge < -0.3 is 9.73 Å². The Bertz CT molecular complexity index is 1070. The van der Waals surface area contributed by atoms with Gasteiger partial charge in [0.1, 0.15) is 11.6 Å².